The number of aliphatic carboxylic acids is 1. The number of ether oxygens (including phenoxy) is 1. The topological polar surface area (TPSA) is 121 Å². The second-order valence-corrected chi connectivity index (χ2v) is 9.50. The van der Waals surface area contributed by atoms with Gasteiger partial charge in [0.2, 0.25) is 11.8 Å². The molecule has 0 amide bonds. The predicted molar refractivity (Wildman–Crippen MR) is 148 cm³/mol. The number of alkyl halides is 3. The SMILES string of the molecule is Cc1ccn(-c2cc(Cl)ccc2[C@@H](Oc2nccn3c(-c4ccc(C[C@H](N)C(=O)O)cc4)cnc23)C(F)(F)F)n1.Cl. The largest absolute Gasteiger partial charge is 0.480 e. The van der Waals surface area contributed by atoms with Crippen molar-refractivity contribution in [2.75, 3.05) is 0 Å². The molecule has 2 atom stereocenters. The highest BCUT2D eigenvalue weighted by Gasteiger charge is 2.45. The molecule has 0 aliphatic heterocycles. The van der Waals surface area contributed by atoms with E-state index in [2.05, 4.69) is 15.1 Å². The van der Waals surface area contributed by atoms with E-state index >= 15 is 0 Å². The minimum Gasteiger partial charge on any atom is -0.480 e. The number of benzene rings is 2. The number of hydrogen-bond donors (Lipinski definition) is 2. The number of aryl methyl sites for hydroxylation is 1. The molecular weight excluding hydrogens is 584 g/mol. The van der Waals surface area contributed by atoms with Crippen LogP contribution in [0.4, 0.5) is 13.2 Å². The van der Waals surface area contributed by atoms with Crippen LogP contribution < -0.4 is 10.5 Å². The summed E-state index contributed by atoms with van der Waals surface area (Å²) in [5.41, 5.74) is 8.19. The zero-order chi connectivity index (χ0) is 28.6. The smallest absolute Gasteiger partial charge is 0.429 e. The van der Waals surface area contributed by atoms with Gasteiger partial charge in [0, 0.05) is 34.7 Å². The van der Waals surface area contributed by atoms with Crippen molar-refractivity contribution in [2.45, 2.75) is 31.7 Å². The van der Waals surface area contributed by atoms with Gasteiger partial charge >= 0.3 is 12.1 Å². The van der Waals surface area contributed by atoms with Crippen molar-refractivity contribution in [1.82, 2.24) is 24.1 Å². The number of nitrogens with zero attached hydrogens (tertiary/aromatic N) is 5. The van der Waals surface area contributed by atoms with Crippen molar-refractivity contribution in [3.8, 4) is 22.8 Å². The van der Waals surface area contributed by atoms with Gasteiger partial charge in [0.15, 0.2) is 0 Å². The van der Waals surface area contributed by atoms with E-state index in [1.165, 1.54) is 35.3 Å². The first-order chi connectivity index (χ1) is 19.0. The summed E-state index contributed by atoms with van der Waals surface area (Å²) in [7, 11) is 0. The second kappa shape index (κ2) is 11.8. The number of rotatable bonds is 8. The maximum Gasteiger partial charge on any atom is 0.429 e. The fourth-order valence-electron chi connectivity index (χ4n) is 4.25. The Morgan fingerprint density at radius 3 is 2.49 bits per heavy atom. The van der Waals surface area contributed by atoms with Gasteiger partial charge in [-0.05, 0) is 37.1 Å². The van der Waals surface area contributed by atoms with E-state index < -0.39 is 24.3 Å². The Labute approximate surface area is 242 Å². The van der Waals surface area contributed by atoms with Crippen molar-refractivity contribution in [1.29, 1.82) is 0 Å². The highest BCUT2D eigenvalue weighted by Crippen LogP contribution is 2.40. The molecule has 3 heterocycles. The van der Waals surface area contributed by atoms with Gasteiger partial charge in [-0.2, -0.15) is 18.3 Å². The van der Waals surface area contributed by atoms with Gasteiger partial charge in [0.05, 0.1) is 23.3 Å². The Morgan fingerprint density at radius 2 is 1.85 bits per heavy atom. The third-order valence-electron chi connectivity index (χ3n) is 6.19. The number of carboxylic acids is 1. The van der Waals surface area contributed by atoms with Crippen molar-refractivity contribution < 1.29 is 27.8 Å². The molecule has 0 saturated carbocycles. The first-order valence-electron chi connectivity index (χ1n) is 12.0. The number of hydrogen-bond acceptors (Lipinski definition) is 6. The number of halogens is 5. The number of aromatic nitrogens is 5. The molecule has 0 unspecified atom stereocenters. The average molecular weight is 607 g/mol. The van der Waals surface area contributed by atoms with Crippen LogP contribution in [0, 0.1) is 6.92 Å². The number of fused-ring (bicyclic) bond motifs is 1. The van der Waals surface area contributed by atoms with E-state index in [9.17, 15) is 18.0 Å². The summed E-state index contributed by atoms with van der Waals surface area (Å²) in [6.45, 7) is 1.72. The molecule has 3 N–H and O–H groups in total. The van der Waals surface area contributed by atoms with Gasteiger partial charge in [0.1, 0.15) is 6.04 Å². The molecule has 5 aromatic rings. The molecule has 0 aliphatic carbocycles. The Kier molecular flexibility index (Phi) is 8.57. The van der Waals surface area contributed by atoms with Crippen LogP contribution in [0.1, 0.15) is 22.9 Å². The fraction of sp³-hybridized carbons (Fsp3) is 0.185. The quantitative estimate of drug-likeness (QED) is 0.236. The fourth-order valence-corrected chi connectivity index (χ4v) is 4.42. The highest BCUT2D eigenvalue weighted by molar-refractivity contribution is 6.30. The Bertz CT molecular complexity index is 1690. The molecule has 0 spiro atoms. The van der Waals surface area contributed by atoms with E-state index in [-0.39, 0.29) is 46.6 Å². The summed E-state index contributed by atoms with van der Waals surface area (Å²) in [5.74, 6) is -1.42. The van der Waals surface area contributed by atoms with Crippen LogP contribution in [0.3, 0.4) is 0 Å². The Morgan fingerprint density at radius 1 is 1.12 bits per heavy atom. The van der Waals surface area contributed by atoms with Crippen molar-refractivity contribution >= 4 is 35.6 Å². The molecule has 9 nitrogen and oxygen atoms in total. The lowest BCUT2D eigenvalue weighted by Crippen LogP contribution is -2.32. The minimum absolute atomic E-state index is 0. The number of carboxylic acid groups (broad SMARTS) is 1. The summed E-state index contributed by atoms with van der Waals surface area (Å²) < 4.78 is 51.8. The average Bonchev–Trinajstić information content (AvgIpc) is 3.54. The molecule has 0 aliphatic rings. The van der Waals surface area contributed by atoms with Gasteiger partial charge in [0.25, 0.3) is 5.88 Å². The molecule has 0 saturated heterocycles. The standard InChI is InChI=1S/C27H22ClF3N6O3.ClH/c1-15-8-10-37(35-15)21-13-18(28)6-7-19(21)23(27(29,30)31)40-25-24-34-14-22(36(24)11-9-33-25)17-4-2-16(3-5-17)12-20(32)26(38)39;/h2-11,13-14,20,23H,12,32H2,1H3,(H,38,39);1H/t20-,23+;/m0./s1. The van der Waals surface area contributed by atoms with Crippen molar-refractivity contribution in [3.63, 3.8) is 0 Å². The first-order valence-corrected chi connectivity index (χ1v) is 12.3. The third-order valence-corrected chi connectivity index (χ3v) is 6.42. The third kappa shape index (κ3) is 6.29. The summed E-state index contributed by atoms with van der Waals surface area (Å²) in [6, 6.07) is 11.6. The lowest BCUT2D eigenvalue weighted by atomic mass is 10.0. The molecule has 0 fully saturated rings. The second-order valence-electron chi connectivity index (χ2n) is 9.06. The maximum absolute atomic E-state index is 14.5. The summed E-state index contributed by atoms with van der Waals surface area (Å²) >= 11 is 6.12. The minimum atomic E-state index is -4.82. The monoisotopic (exact) mass is 606 g/mol. The number of nitrogens with two attached hydrogens (primary N) is 1. The van der Waals surface area contributed by atoms with E-state index in [1.807, 2.05) is 0 Å². The molecule has 214 valence electrons. The lowest BCUT2D eigenvalue weighted by Gasteiger charge is -2.24. The predicted octanol–water partition coefficient (Wildman–Crippen LogP) is 5.60. The van der Waals surface area contributed by atoms with E-state index in [4.69, 9.17) is 27.2 Å². The van der Waals surface area contributed by atoms with Crippen LogP contribution in [0.2, 0.25) is 5.02 Å². The first kappa shape index (κ1) is 29.8. The highest BCUT2D eigenvalue weighted by atomic mass is 35.5. The summed E-state index contributed by atoms with van der Waals surface area (Å²) in [6.07, 6.45) is -1.16. The Balaban J connectivity index is 0.00000387. The molecule has 41 heavy (non-hydrogen) atoms. The van der Waals surface area contributed by atoms with E-state index in [1.54, 1.807) is 54.0 Å². The molecule has 2 aromatic carbocycles. The van der Waals surface area contributed by atoms with Crippen molar-refractivity contribution in [3.05, 3.63) is 95.2 Å². The summed E-state index contributed by atoms with van der Waals surface area (Å²) in [5, 5.41) is 13.5. The van der Waals surface area contributed by atoms with Crippen molar-refractivity contribution in [2.24, 2.45) is 5.73 Å². The lowest BCUT2D eigenvalue weighted by molar-refractivity contribution is -0.198. The van der Waals surface area contributed by atoms with E-state index in [0.717, 1.165) is 5.56 Å². The van der Waals surface area contributed by atoms with Crippen LogP contribution in [-0.4, -0.2) is 47.4 Å². The normalized spacial score (nSPS) is 13.0. The van der Waals surface area contributed by atoms with Gasteiger partial charge in [-0.3, -0.25) is 9.20 Å². The Hall–Kier alpha value is -4.13. The summed E-state index contributed by atoms with van der Waals surface area (Å²) in [4.78, 5) is 19.4. The molecular formula is C27H23Cl2F3N6O3. The molecule has 0 radical (unpaired) electrons. The van der Waals surface area contributed by atoms with Crippen LogP contribution >= 0.6 is 24.0 Å². The van der Waals surface area contributed by atoms with Gasteiger partial charge in [-0.1, -0.05) is 41.9 Å². The van der Waals surface area contributed by atoms with Crippen LogP contribution in [0.15, 0.2) is 73.3 Å². The zero-order valence-corrected chi connectivity index (χ0v) is 22.9. The van der Waals surface area contributed by atoms with Gasteiger partial charge < -0.3 is 15.6 Å². The molecule has 0 bridgehead atoms. The van der Waals surface area contributed by atoms with Crippen LogP contribution in [0.5, 0.6) is 5.88 Å². The van der Waals surface area contributed by atoms with Crippen LogP contribution in [0.25, 0.3) is 22.6 Å². The molecule has 14 heteroatoms. The van der Waals surface area contributed by atoms with Crippen LogP contribution in [-0.2, 0) is 11.2 Å². The number of carbonyl (C=O) groups is 1. The van der Waals surface area contributed by atoms with Gasteiger partial charge in [-0.25, -0.2) is 14.6 Å². The number of imidazole rings is 1. The van der Waals surface area contributed by atoms with E-state index in [0.29, 0.717) is 17.0 Å². The molecule has 5 rings (SSSR count). The van der Waals surface area contributed by atoms with Gasteiger partial charge in [-0.15, -0.1) is 12.4 Å². The maximum atomic E-state index is 14.5. The zero-order valence-electron chi connectivity index (χ0n) is 21.3. The molecule has 3 aromatic heterocycles.